The van der Waals surface area contributed by atoms with Gasteiger partial charge in [-0.2, -0.15) is 0 Å². The van der Waals surface area contributed by atoms with Crippen LogP contribution in [0.15, 0.2) is 24.3 Å². The molecule has 3 heteroatoms. The van der Waals surface area contributed by atoms with Gasteiger partial charge in [-0.3, -0.25) is 4.90 Å². The third-order valence-corrected chi connectivity index (χ3v) is 5.09. The van der Waals surface area contributed by atoms with Gasteiger partial charge in [0.1, 0.15) is 0 Å². The Balaban J connectivity index is 1.89. The molecule has 2 fully saturated rings. The summed E-state index contributed by atoms with van der Waals surface area (Å²) in [7, 11) is 0. The van der Waals surface area contributed by atoms with Crippen LogP contribution in [0.25, 0.3) is 0 Å². The van der Waals surface area contributed by atoms with Crippen LogP contribution in [0.1, 0.15) is 42.9 Å². The Labute approximate surface area is 122 Å². The van der Waals surface area contributed by atoms with E-state index in [1.165, 1.54) is 36.8 Å². The van der Waals surface area contributed by atoms with E-state index in [1.54, 1.807) is 0 Å². The molecule has 3 nitrogen and oxygen atoms in total. The fraction of sp³-hybridized carbons (Fsp3) is 0.647. The largest absolute Gasteiger partial charge is 0.379 e. The maximum atomic E-state index is 6.75. The molecule has 1 saturated heterocycles. The molecular weight excluding hydrogens is 248 g/mol. The summed E-state index contributed by atoms with van der Waals surface area (Å²) in [5.74, 6) is 0. The molecule has 1 heterocycles. The molecule has 110 valence electrons. The molecule has 3 rings (SSSR count). The van der Waals surface area contributed by atoms with Gasteiger partial charge in [0.25, 0.3) is 0 Å². The average Bonchev–Trinajstić information content (AvgIpc) is 2.98. The molecule has 0 aromatic heterocycles. The minimum Gasteiger partial charge on any atom is -0.379 e. The maximum Gasteiger partial charge on any atom is 0.0594 e. The van der Waals surface area contributed by atoms with Gasteiger partial charge >= 0.3 is 0 Å². The standard InChI is InChI=1S/C17H26N2O/c1-14-5-4-6-15(13-14)16(18)17(7-2-3-8-17)19-9-11-20-12-10-19/h4-6,13,16H,2-3,7-12,18H2,1H3. The molecule has 0 amide bonds. The Morgan fingerprint density at radius 2 is 1.90 bits per heavy atom. The molecule has 0 bridgehead atoms. The van der Waals surface area contributed by atoms with Gasteiger partial charge in [0.2, 0.25) is 0 Å². The highest BCUT2D eigenvalue weighted by atomic mass is 16.5. The van der Waals surface area contributed by atoms with Crippen LogP contribution in [0.3, 0.4) is 0 Å². The monoisotopic (exact) mass is 274 g/mol. The summed E-state index contributed by atoms with van der Waals surface area (Å²) in [4.78, 5) is 2.61. The van der Waals surface area contributed by atoms with Gasteiger partial charge in [-0.25, -0.2) is 0 Å². The van der Waals surface area contributed by atoms with E-state index in [1.807, 2.05) is 0 Å². The molecule has 2 aliphatic rings. The van der Waals surface area contributed by atoms with Crippen molar-refractivity contribution < 1.29 is 4.74 Å². The second-order valence-electron chi connectivity index (χ2n) is 6.30. The number of hydrogen-bond donors (Lipinski definition) is 1. The van der Waals surface area contributed by atoms with Gasteiger partial charge in [-0.1, -0.05) is 42.7 Å². The van der Waals surface area contributed by atoms with Crippen LogP contribution in [-0.2, 0) is 4.74 Å². The highest BCUT2D eigenvalue weighted by Crippen LogP contribution is 2.43. The third kappa shape index (κ3) is 2.50. The number of rotatable bonds is 3. The quantitative estimate of drug-likeness (QED) is 0.921. The van der Waals surface area contributed by atoms with Crippen molar-refractivity contribution in [2.45, 2.75) is 44.2 Å². The first-order valence-electron chi connectivity index (χ1n) is 7.87. The summed E-state index contributed by atoms with van der Waals surface area (Å²) in [6.45, 7) is 5.90. The zero-order valence-electron chi connectivity index (χ0n) is 12.5. The predicted octanol–water partition coefficient (Wildman–Crippen LogP) is 2.64. The average molecular weight is 274 g/mol. The summed E-state index contributed by atoms with van der Waals surface area (Å²) in [6, 6.07) is 8.84. The fourth-order valence-electron chi connectivity index (χ4n) is 3.99. The Bertz CT molecular complexity index is 448. The summed E-state index contributed by atoms with van der Waals surface area (Å²) in [5.41, 5.74) is 9.49. The lowest BCUT2D eigenvalue weighted by Gasteiger charge is -2.47. The molecule has 20 heavy (non-hydrogen) atoms. The van der Waals surface area contributed by atoms with Crippen molar-refractivity contribution in [1.29, 1.82) is 0 Å². The first-order valence-corrected chi connectivity index (χ1v) is 7.87. The molecule has 1 aliphatic heterocycles. The zero-order valence-corrected chi connectivity index (χ0v) is 12.5. The minimum absolute atomic E-state index is 0.114. The Hall–Kier alpha value is -0.900. The molecule has 1 aromatic carbocycles. The third-order valence-electron chi connectivity index (χ3n) is 5.09. The molecule has 1 saturated carbocycles. The van der Waals surface area contributed by atoms with Gasteiger partial charge in [-0.05, 0) is 25.3 Å². The van der Waals surface area contributed by atoms with Crippen LogP contribution >= 0.6 is 0 Å². The smallest absolute Gasteiger partial charge is 0.0594 e. The summed E-state index contributed by atoms with van der Waals surface area (Å²) >= 11 is 0. The molecule has 0 spiro atoms. The minimum atomic E-state index is 0.114. The number of aryl methyl sites for hydroxylation is 1. The van der Waals surface area contributed by atoms with E-state index in [-0.39, 0.29) is 11.6 Å². The number of ether oxygens (including phenoxy) is 1. The van der Waals surface area contributed by atoms with E-state index in [9.17, 15) is 0 Å². The molecular formula is C17H26N2O. The van der Waals surface area contributed by atoms with Gasteiger partial charge in [0, 0.05) is 24.7 Å². The van der Waals surface area contributed by atoms with Gasteiger partial charge in [-0.15, -0.1) is 0 Å². The van der Waals surface area contributed by atoms with Crippen molar-refractivity contribution in [3.8, 4) is 0 Å². The lowest BCUT2D eigenvalue weighted by atomic mass is 9.82. The second-order valence-corrected chi connectivity index (χ2v) is 6.30. The normalized spacial score (nSPS) is 24.7. The van der Waals surface area contributed by atoms with Gasteiger partial charge in [0.05, 0.1) is 13.2 Å². The van der Waals surface area contributed by atoms with Crippen molar-refractivity contribution in [2.75, 3.05) is 26.3 Å². The lowest BCUT2D eigenvalue weighted by Crippen LogP contribution is -2.57. The first-order chi connectivity index (χ1) is 9.72. The van der Waals surface area contributed by atoms with Crippen LogP contribution in [-0.4, -0.2) is 36.7 Å². The van der Waals surface area contributed by atoms with Crippen molar-refractivity contribution in [3.63, 3.8) is 0 Å². The summed E-state index contributed by atoms with van der Waals surface area (Å²) in [6.07, 6.45) is 5.05. The SMILES string of the molecule is Cc1cccc(C(N)C2(N3CCOCC3)CCCC2)c1. The molecule has 2 N–H and O–H groups in total. The molecule has 1 aromatic rings. The van der Waals surface area contributed by atoms with Gasteiger partial charge in [0.15, 0.2) is 0 Å². The Morgan fingerprint density at radius 1 is 1.20 bits per heavy atom. The summed E-state index contributed by atoms with van der Waals surface area (Å²) < 4.78 is 5.53. The highest BCUT2D eigenvalue weighted by molar-refractivity contribution is 5.28. The van der Waals surface area contributed by atoms with Crippen LogP contribution in [0.4, 0.5) is 0 Å². The molecule has 1 aliphatic carbocycles. The maximum absolute atomic E-state index is 6.75. The molecule has 1 unspecified atom stereocenters. The van der Waals surface area contributed by atoms with Crippen molar-refractivity contribution >= 4 is 0 Å². The number of nitrogens with two attached hydrogens (primary N) is 1. The first kappa shape index (κ1) is 14.1. The Morgan fingerprint density at radius 3 is 2.55 bits per heavy atom. The van der Waals surface area contributed by atoms with E-state index in [4.69, 9.17) is 10.5 Å². The van der Waals surface area contributed by atoms with E-state index >= 15 is 0 Å². The number of morpholine rings is 1. The number of nitrogens with zero attached hydrogens (tertiary/aromatic N) is 1. The molecule has 0 radical (unpaired) electrons. The highest BCUT2D eigenvalue weighted by Gasteiger charge is 2.45. The van der Waals surface area contributed by atoms with Crippen LogP contribution in [0.2, 0.25) is 0 Å². The summed E-state index contributed by atoms with van der Waals surface area (Å²) in [5, 5.41) is 0. The zero-order chi connectivity index (χ0) is 14.0. The predicted molar refractivity (Wildman–Crippen MR) is 81.7 cm³/mol. The van der Waals surface area contributed by atoms with Crippen molar-refractivity contribution in [1.82, 2.24) is 4.90 Å². The van der Waals surface area contributed by atoms with E-state index in [2.05, 4.69) is 36.1 Å². The van der Waals surface area contributed by atoms with Crippen LogP contribution in [0, 0.1) is 6.92 Å². The van der Waals surface area contributed by atoms with Crippen LogP contribution < -0.4 is 5.73 Å². The van der Waals surface area contributed by atoms with Crippen LogP contribution in [0.5, 0.6) is 0 Å². The molecule has 1 atom stereocenters. The van der Waals surface area contributed by atoms with E-state index in [0.717, 1.165) is 26.3 Å². The Kier molecular flexibility index (Phi) is 4.11. The number of benzene rings is 1. The van der Waals surface area contributed by atoms with Crippen molar-refractivity contribution in [2.24, 2.45) is 5.73 Å². The number of hydrogen-bond acceptors (Lipinski definition) is 3. The van der Waals surface area contributed by atoms with Gasteiger partial charge < -0.3 is 10.5 Å². The fourth-order valence-corrected chi connectivity index (χ4v) is 3.99. The van der Waals surface area contributed by atoms with Crippen molar-refractivity contribution in [3.05, 3.63) is 35.4 Å². The van der Waals surface area contributed by atoms with E-state index in [0.29, 0.717) is 0 Å². The second kappa shape index (κ2) is 5.84. The lowest BCUT2D eigenvalue weighted by molar-refractivity contribution is -0.0311. The topological polar surface area (TPSA) is 38.5 Å². The van der Waals surface area contributed by atoms with E-state index < -0.39 is 0 Å².